The predicted octanol–water partition coefficient (Wildman–Crippen LogP) is 2.88. The summed E-state index contributed by atoms with van der Waals surface area (Å²) >= 11 is 0. The van der Waals surface area contributed by atoms with Crippen molar-refractivity contribution in [3.63, 3.8) is 0 Å². The van der Waals surface area contributed by atoms with Gasteiger partial charge in [-0.05, 0) is 38.7 Å². The van der Waals surface area contributed by atoms with Crippen LogP contribution in [0.25, 0.3) is 0 Å². The Labute approximate surface area is 172 Å². The van der Waals surface area contributed by atoms with Crippen LogP contribution in [-0.4, -0.2) is 38.6 Å². The van der Waals surface area contributed by atoms with E-state index in [0.717, 1.165) is 5.56 Å². The SMILES string of the molecule is CC(C)C[C@H](NC(=O)OC(C)(C)C)C(=O)NCc1cn(Cc2ccccc2)nn1. The topological polar surface area (TPSA) is 98.1 Å². The van der Waals surface area contributed by atoms with E-state index in [0.29, 0.717) is 18.7 Å². The smallest absolute Gasteiger partial charge is 0.408 e. The first-order valence-corrected chi connectivity index (χ1v) is 9.82. The highest BCUT2D eigenvalue weighted by atomic mass is 16.6. The standard InChI is InChI=1S/C21H31N5O3/c1-15(2)11-18(23-20(28)29-21(3,4)5)19(27)22-12-17-14-26(25-24-17)13-16-9-7-6-8-10-16/h6-10,14-15,18H,11-13H2,1-5H3,(H,22,27)(H,23,28)/t18-/m0/s1. The second kappa shape index (κ2) is 10.0. The van der Waals surface area contributed by atoms with Crippen LogP contribution in [0.5, 0.6) is 0 Å². The summed E-state index contributed by atoms with van der Waals surface area (Å²) in [5, 5.41) is 13.7. The monoisotopic (exact) mass is 401 g/mol. The minimum absolute atomic E-state index is 0.229. The number of aromatic nitrogens is 3. The third kappa shape index (κ3) is 8.33. The van der Waals surface area contributed by atoms with Gasteiger partial charge in [-0.15, -0.1) is 5.10 Å². The summed E-state index contributed by atoms with van der Waals surface area (Å²) < 4.78 is 6.99. The number of rotatable bonds is 8. The normalized spacial score (nSPS) is 12.5. The molecule has 0 aliphatic heterocycles. The number of nitrogens with one attached hydrogen (secondary N) is 2. The lowest BCUT2D eigenvalue weighted by molar-refractivity contribution is -0.123. The summed E-state index contributed by atoms with van der Waals surface area (Å²) in [6.07, 6.45) is 1.70. The molecule has 0 aliphatic carbocycles. The van der Waals surface area contributed by atoms with Gasteiger partial charge in [0.25, 0.3) is 0 Å². The fraction of sp³-hybridized carbons (Fsp3) is 0.524. The molecule has 0 saturated heterocycles. The maximum absolute atomic E-state index is 12.6. The maximum atomic E-state index is 12.6. The third-order valence-electron chi connectivity index (χ3n) is 3.93. The van der Waals surface area contributed by atoms with Crippen molar-refractivity contribution in [3.05, 3.63) is 47.8 Å². The van der Waals surface area contributed by atoms with E-state index in [4.69, 9.17) is 4.74 Å². The molecule has 1 atom stereocenters. The van der Waals surface area contributed by atoms with Gasteiger partial charge in [0.05, 0.1) is 19.3 Å². The van der Waals surface area contributed by atoms with Crippen molar-refractivity contribution in [2.75, 3.05) is 0 Å². The Morgan fingerprint density at radius 3 is 2.48 bits per heavy atom. The van der Waals surface area contributed by atoms with Gasteiger partial charge in [-0.2, -0.15) is 0 Å². The molecule has 1 heterocycles. The first-order valence-electron chi connectivity index (χ1n) is 9.82. The molecule has 0 bridgehead atoms. The van der Waals surface area contributed by atoms with Crippen molar-refractivity contribution in [1.29, 1.82) is 0 Å². The summed E-state index contributed by atoms with van der Waals surface area (Å²) in [5.41, 5.74) is 1.14. The predicted molar refractivity (Wildman–Crippen MR) is 110 cm³/mol. The zero-order valence-corrected chi connectivity index (χ0v) is 17.8. The highest BCUT2D eigenvalue weighted by Gasteiger charge is 2.25. The molecule has 1 aromatic heterocycles. The third-order valence-corrected chi connectivity index (χ3v) is 3.93. The Bertz CT molecular complexity index is 796. The zero-order valence-electron chi connectivity index (χ0n) is 17.8. The molecule has 2 amide bonds. The molecule has 0 saturated carbocycles. The summed E-state index contributed by atoms with van der Waals surface area (Å²) in [4.78, 5) is 24.7. The highest BCUT2D eigenvalue weighted by Crippen LogP contribution is 2.10. The number of hydrogen-bond donors (Lipinski definition) is 2. The molecule has 29 heavy (non-hydrogen) atoms. The molecule has 0 aliphatic rings. The lowest BCUT2D eigenvalue weighted by Crippen LogP contribution is -2.48. The van der Waals surface area contributed by atoms with Gasteiger partial charge in [0.1, 0.15) is 17.3 Å². The average molecular weight is 402 g/mol. The van der Waals surface area contributed by atoms with Crippen LogP contribution in [-0.2, 0) is 22.6 Å². The van der Waals surface area contributed by atoms with Crippen molar-refractivity contribution in [2.24, 2.45) is 5.92 Å². The highest BCUT2D eigenvalue weighted by molar-refractivity contribution is 5.85. The Balaban J connectivity index is 1.91. The Morgan fingerprint density at radius 2 is 1.86 bits per heavy atom. The van der Waals surface area contributed by atoms with Gasteiger partial charge in [0.2, 0.25) is 5.91 Å². The molecule has 1 aromatic carbocycles. The van der Waals surface area contributed by atoms with Crippen molar-refractivity contribution in [2.45, 2.75) is 65.8 Å². The molecule has 8 heteroatoms. The van der Waals surface area contributed by atoms with Crippen LogP contribution < -0.4 is 10.6 Å². The minimum Gasteiger partial charge on any atom is -0.444 e. The van der Waals surface area contributed by atoms with E-state index < -0.39 is 17.7 Å². The Morgan fingerprint density at radius 1 is 1.17 bits per heavy atom. The van der Waals surface area contributed by atoms with Crippen LogP contribution in [0.4, 0.5) is 4.79 Å². The van der Waals surface area contributed by atoms with Crippen molar-refractivity contribution < 1.29 is 14.3 Å². The number of carbonyl (C=O) groups excluding carboxylic acids is 2. The van der Waals surface area contributed by atoms with E-state index in [1.807, 2.05) is 44.2 Å². The number of ether oxygens (including phenoxy) is 1. The molecule has 0 unspecified atom stereocenters. The van der Waals surface area contributed by atoms with Crippen LogP contribution in [0.1, 0.15) is 52.3 Å². The van der Waals surface area contributed by atoms with Crippen molar-refractivity contribution >= 4 is 12.0 Å². The van der Waals surface area contributed by atoms with Gasteiger partial charge in [0.15, 0.2) is 0 Å². The fourth-order valence-corrected chi connectivity index (χ4v) is 2.72. The minimum atomic E-state index is -0.677. The largest absolute Gasteiger partial charge is 0.444 e. The molecule has 2 rings (SSSR count). The lowest BCUT2D eigenvalue weighted by atomic mass is 10.0. The average Bonchev–Trinajstić information content (AvgIpc) is 3.05. The molecular weight excluding hydrogens is 370 g/mol. The Kier molecular flexibility index (Phi) is 7.75. The molecule has 0 spiro atoms. The van der Waals surface area contributed by atoms with Gasteiger partial charge in [-0.3, -0.25) is 4.79 Å². The second-order valence-corrected chi connectivity index (χ2v) is 8.44. The van der Waals surface area contributed by atoms with Crippen LogP contribution in [0, 0.1) is 5.92 Å². The summed E-state index contributed by atoms with van der Waals surface area (Å²) in [7, 11) is 0. The molecule has 0 radical (unpaired) electrons. The molecular formula is C21H31N5O3. The summed E-state index contributed by atoms with van der Waals surface area (Å²) in [6.45, 7) is 10.2. The van der Waals surface area contributed by atoms with Gasteiger partial charge >= 0.3 is 6.09 Å². The number of amides is 2. The van der Waals surface area contributed by atoms with E-state index in [1.165, 1.54) is 0 Å². The summed E-state index contributed by atoms with van der Waals surface area (Å²) in [6, 6.07) is 9.26. The van der Waals surface area contributed by atoms with Gasteiger partial charge in [-0.25, -0.2) is 9.48 Å². The van der Waals surface area contributed by atoms with Crippen LogP contribution in [0.15, 0.2) is 36.5 Å². The Hall–Kier alpha value is -2.90. The van der Waals surface area contributed by atoms with Gasteiger partial charge in [-0.1, -0.05) is 49.4 Å². The summed E-state index contributed by atoms with van der Waals surface area (Å²) in [5.74, 6) is -0.0467. The molecule has 2 N–H and O–H groups in total. The maximum Gasteiger partial charge on any atom is 0.408 e. The number of hydrogen-bond acceptors (Lipinski definition) is 5. The van der Waals surface area contributed by atoms with E-state index in [-0.39, 0.29) is 18.4 Å². The van der Waals surface area contributed by atoms with E-state index >= 15 is 0 Å². The lowest BCUT2D eigenvalue weighted by Gasteiger charge is -2.24. The van der Waals surface area contributed by atoms with E-state index in [9.17, 15) is 9.59 Å². The molecule has 2 aromatic rings. The van der Waals surface area contributed by atoms with Gasteiger partial charge in [0, 0.05) is 0 Å². The van der Waals surface area contributed by atoms with Crippen molar-refractivity contribution in [1.82, 2.24) is 25.6 Å². The number of alkyl carbamates (subject to hydrolysis) is 1. The van der Waals surface area contributed by atoms with Gasteiger partial charge < -0.3 is 15.4 Å². The van der Waals surface area contributed by atoms with Crippen LogP contribution in [0.2, 0.25) is 0 Å². The van der Waals surface area contributed by atoms with E-state index in [1.54, 1.807) is 31.6 Å². The number of benzene rings is 1. The molecule has 158 valence electrons. The number of carbonyl (C=O) groups is 2. The quantitative estimate of drug-likeness (QED) is 0.709. The molecule has 0 fully saturated rings. The first-order chi connectivity index (χ1) is 13.6. The number of nitrogens with zero attached hydrogens (tertiary/aromatic N) is 3. The first kappa shape index (κ1) is 22.4. The van der Waals surface area contributed by atoms with E-state index in [2.05, 4.69) is 20.9 Å². The molecule has 8 nitrogen and oxygen atoms in total. The van der Waals surface area contributed by atoms with Crippen LogP contribution in [0.3, 0.4) is 0 Å². The second-order valence-electron chi connectivity index (χ2n) is 8.44. The zero-order chi connectivity index (χ0) is 21.4. The fourth-order valence-electron chi connectivity index (χ4n) is 2.72. The van der Waals surface area contributed by atoms with Crippen molar-refractivity contribution in [3.8, 4) is 0 Å². The van der Waals surface area contributed by atoms with Crippen LogP contribution >= 0.6 is 0 Å².